The predicted molar refractivity (Wildman–Crippen MR) is 205 cm³/mol. The summed E-state index contributed by atoms with van der Waals surface area (Å²) in [4.78, 5) is 53.4. The molecule has 0 saturated heterocycles. The van der Waals surface area contributed by atoms with E-state index >= 15 is 0 Å². The minimum absolute atomic E-state index is 0.0281. The lowest BCUT2D eigenvalue weighted by Crippen LogP contribution is -2.22. The lowest BCUT2D eigenvalue weighted by Gasteiger charge is -2.16. The number of halogens is 2. The Kier molecular flexibility index (Phi) is 14.3. The molecular formula is C31H40Br2N8O9Si2. The number of nitro groups is 2. The highest BCUT2D eigenvalue weighted by Gasteiger charge is 2.29. The summed E-state index contributed by atoms with van der Waals surface area (Å²) in [7, 11) is -1.43. The number of methoxy groups -OCH3 is 1. The fourth-order valence-electron chi connectivity index (χ4n) is 4.61. The zero-order chi connectivity index (χ0) is 39.1. The second kappa shape index (κ2) is 17.6. The molecule has 4 aromatic rings. The SMILES string of the molecule is COC(=O)c1cc(-c2ncc(Br)cc2[N+](=O)[O-])n(COCC[Si](C)(C)C)n1.Cc1c(C(=O)O)nn(CC[Si](C)(C)C)c1-c1ncc(Br)cc1[N+](=O)[O-]. The van der Waals surface area contributed by atoms with Crippen molar-refractivity contribution in [2.24, 2.45) is 0 Å². The van der Waals surface area contributed by atoms with Gasteiger partial charge in [-0.25, -0.2) is 24.2 Å². The average Bonchev–Trinajstić information content (AvgIpc) is 3.62. The second-order valence-corrected chi connectivity index (χ2v) is 27.0. The lowest BCUT2D eigenvalue weighted by molar-refractivity contribution is -0.384. The lowest BCUT2D eigenvalue weighted by atomic mass is 10.1. The molecule has 4 heterocycles. The largest absolute Gasteiger partial charge is 0.476 e. The smallest absolute Gasteiger partial charge is 0.358 e. The van der Waals surface area contributed by atoms with Crippen LogP contribution < -0.4 is 0 Å². The Bertz CT molecular complexity index is 1970. The van der Waals surface area contributed by atoms with Crippen molar-refractivity contribution in [1.82, 2.24) is 29.5 Å². The maximum atomic E-state index is 11.8. The highest BCUT2D eigenvalue weighted by atomic mass is 79.9. The highest BCUT2D eigenvalue weighted by Crippen LogP contribution is 2.34. The Morgan fingerprint density at radius 3 is 1.90 bits per heavy atom. The summed E-state index contributed by atoms with van der Waals surface area (Å²) in [5.41, 5.74) is 0.817. The molecule has 0 aliphatic carbocycles. The average molecular weight is 885 g/mol. The van der Waals surface area contributed by atoms with Crippen LogP contribution in [-0.2, 0) is 22.7 Å². The van der Waals surface area contributed by atoms with Gasteiger partial charge >= 0.3 is 11.9 Å². The summed E-state index contributed by atoms with van der Waals surface area (Å²) in [5, 5.41) is 40.6. The van der Waals surface area contributed by atoms with Crippen molar-refractivity contribution in [3.8, 4) is 22.8 Å². The van der Waals surface area contributed by atoms with Crippen molar-refractivity contribution in [1.29, 1.82) is 0 Å². The number of carbonyl (C=O) groups excluding carboxylic acids is 1. The number of nitrogens with zero attached hydrogens (tertiary/aromatic N) is 8. The van der Waals surface area contributed by atoms with Crippen LogP contribution in [0.2, 0.25) is 51.4 Å². The zero-order valence-electron chi connectivity index (χ0n) is 30.0. The Morgan fingerprint density at radius 1 is 0.865 bits per heavy atom. The molecule has 0 atom stereocenters. The minimum Gasteiger partial charge on any atom is -0.476 e. The topological polar surface area (TPSA) is 221 Å². The fraction of sp³-hybridized carbons (Fsp3) is 0.419. The van der Waals surface area contributed by atoms with Crippen LogP contribution in [0.4, 0.5) is 11.4 Å². The summed E-state index contributed by atoms with van der Waals surface area (Å²) in [5.74, 6) is -1.80. The van der Waals surface area contributed by atoms with Gasteiger partial charge in [-0.15, -0.1) is 0 Å². The summed E-state index contributed by atoms with van der Waals surface area (Å²) < 4.78 is 14.3. The van der Waals surface area contributed by atoms with E-state index in [1.807, 2.05) is 0 Å². The van der Waals surface area contributed by atoms with Gasteiger partial charge in [0.1, 0.15) is 6.73 Å². The van der Waals surface area contributed by atoms with Crippen LogP contribution in [0.15, 0.2) is 39.5 Å². The van der Waals surface area contributed by atoms with Gasteiger partial charge in [0.2, 0.25) is 0 Å². The molecule has 4 aromatic heterocycles. The molecule has 17 nitrogen and oxygen atoms in total. The van der Waals surface area contributed by atoms with Crippen molar-refractivity contribution in [3.05, 3.63) is 76.7 Å². The quantitative estimate of drug-likeness (QED) is 0.0423. The van der Waals surface area contributed by atoms with Crippen molar-refractivity contribution in [2.45, 2.75) is 71.6 Å². The summed E-state index contributed by atoms with van der Waals surface area (Å²) >= 11 is 6.36. The molecule has 0 fully saturated rings. The summed E-state index contributed by atoms with van der Waals surface area (Å²) in [6.07, 6.45) is 2.90. The summed E-state index contributed by atoms with van der Waals surface area (Å²) in [6, 6.07) is 5.95. The zero-order valence-corrected chi connectivity index (χ0v) is 35.1. The van der Waals surface area contributed by atoms with Gasteiger partial charge in [-0.1, -0.05) is 39.3 Å². The standard InChI is InChI=1S/C16H21BrN4O5Si.C15H19BrN4O4Si/c1-25-16(22)12-8-13(15-14(21(23)24)7-11(17)9-18-15)20(19-12)10-26-5-6-27(2,3)4;1-9-12(15(21)22)18-19(5-6-25(2,3)4)14(9)13-11(20(23)24)7-10(16)8-17-13/h7-9H,5-6,10H2,1-4H3;7-8H,5-6H2,1-4H3,(H,21,22). The van der Waals surface area contributed by atoms with Crippen LogP contribution >= 0.6 is 31.9 Å². The molecule has 0 radical (unpaired) electrons. The monoisotopic (exact) mass is 882 g/mol. The van der Waals surface area contributed by atoms with Crippen LogP contribution in [0, 0.1) is 27.2 Å². The highest BCUT2D eigenvalue weighted by molar-refractivity contribution is 9.10. The molecule has 0 bridgehead atoms. The maximum Gasteiger partial charge on any atom is 0.358 e. The number of ether oxygens (including phenoxy) is 2. The van der Waals surface area contributed by atoms with Crippen LogP contribution in [-0.4, -0.2) is 86.3 Å². The van der Waals surface area contributed by atoms with Gasteiger partial charge in [0.05, 0.1) is 28.3 Å². The number of pyridine rings is 2. The molecular weight excluding hydrogens is 844 g/mol. The van der Waals surface area contributed by atoms with Gasteiger partial charge in [-0.2, -0.15) is 10.2 Å². The number of hydrogen-bond acceptors (Lipinski definition) is 12. The molecule has 21 heteroatoms. The van der Waals surface area contributed by atoms with E-state index in [2.05, 4.69) is 91.3 Å². The molecule has 0 unspecified atom stereocenters. The van der Waals surface area contributed by atoms with Crippen LogP contribution in [0.25, 0.3) is 22.8 Å². The molecule has 0 aliphatic rings. The van der Waals surface area contributed by atoms with E-state index in [9.17, 15) is 34.9 Å². The number of aryl methyl sites for hydroxylation is 1. The van der Waals surface area contributed by atoms with E-state index in [0.29, 0.717) is 39.0 Å². The summed E-state index contributed by atoms with van der Waals surface area (Å²) in [6.45, 7) is 16.0. The number of carboxylic acid groups (broad SMARTS) is 1. The van der Waals surface area contributed by atoms with Gasteiger partial charge in [-0.3, -0.25) is 24.9 Å². The molecule has 1 N–H and O–H groups in total. The van der Waals surface area contributed by atoms with E-state index in [4.69, 9.17) is 9.47 Å². The molecule has 0 aliphatic heterocycles. The number of aromatic carboxylic acids is 1. The van der Waals surface area contributed by atoms with Gasteiger partial charge < -0.3 is 14.6 Å². The molecule has 0 spiro atoms. The van der Waals surface area contributed by atoms with Crippen molar-refractivity contribution in [3.63, 3.8) is 0 Å². The Hall–Kier alpha value is -4.19. The van der Waals surface area contributed by atoms with E-state index in [-0.39, 0.29) is 40.9 Å². The van der Waals surface area contributed by atoms with Crippen LogP contribution in [0.1, 0.15) is 26.5 Å². The third kappa shape index (κ3) is 11.4. The fourth-order valence-corrected chi connectivity index (χ4v) is 6.89. The Balaban J connectivity index is 0.000000281. The number of esters is 1. The number of rotatable bonds is 14. The van der Waals surface area contributed by atoms with Gasteiger partial charge in [0.15, 0.2) is 22.8 Å². The van der Waals surface area contributed by atoms with E-state index in [1.54, 1.807) is 11.6 Å². The number of carboxylic acids is 1. The number of hydrogen-bond donors (Lipinski definition) is 1. The number of carbonyl (C=O) groups is 2. The first-order chi connectivity index (χ1) is 24.1. The van der Waals surface area contributed by atoms with Crippen molar-refractivity contribution >= 4 is 71.3 Å². The Labute approximate surface area is 318 Å². The Morgan fingerprint density at radius 2 is 1.40 bits per heavy atom. The first-order valence-corrected chi connectivity index (χ1v) is 24.8. The third-order valence-electron chi connectivity index (χ3n) is 7.38. The molecule has 0 amide bonds. The van der Waals surface area contributed by atoms with E-state index in [0.717, 1.165) is 12.1 Å². The minimum atomic E-state index is -1.41. The maximum absolute atomic E-state index is 11.8. The second-order valence-electron chi connectivity index (χ2n) is 14.0. The third-order valence-corrected chi connectivity index (χ3v) is 11.7. The van der Waals surface area contributed by atoms with E-state index < -0.39 is 37.9 Å². The first kappa shape index (κ1) is 42.2. The van der Waals surface area contributed by atoms with Crippen LogP contribution in [0.5, 0.6) is 0 Å². The normalized spacial score (nSPS) is 11.5. The molecule has 0 aromatic carbocycles. The van der Waals surface area contributed by atoms with Crippen molar-refractivity contribution < 1.29 is 34.0 Å². The molecule has 52 heavy (non-hydrogen) atoms. The molecule has 280 valence electrons. The van der Waals surface area contributed by atoms with Gasteiger partial charge in [-0.05, 0) is 50.9 Å². The van der Waals surface area contributed by atoms with Crippen molar-refractivity contribution in [2.75, 3.05) is 13.7 Å². The first-order valence-electron chi connectivity index (χ1n) is 15.8. The van der Waals surface area contributed by atoms with Gasteiger partial charge in [0, 0.05) is 74.4 Å². The van der Waals surface area contributed by atoms with Crippen LogP contribution in [0.3, 0.4) is 0 Å². The van der Waals surface area contributed by atoms with Gasteiger partial charge in [0.25, 0.3) is 11.4 Å². The molecule has 0 saturated carbocycles. The molecule has 4 rings (SSSR count). The predicted octanol–water partition coefficient (Wildman–Crippen LogP) is 7.68. The number of aromatic nitrogens is 6. The van der Waals surface area contributed by atoms with E-state index in [1.165, 1.54) is 42.4 Å².